The summed E-state index contributed by atoms with van der Waals surface area (Å²) in [6, 6.07) is -0.451. The third kappa shape index (κ3) is 3.53. The molecule has 0 heterocycles. The van der Waals surface area contributed by atoms with Crippen molar-refractivity contribution in [3.8, 4) is 0 Å². The average Bonchev–Trinajstić information content (AvgIpc) is 2.26. The number of amides is 1. The second-order valence-corrected chi connectivity index (χ2v) is 4.10. The summed E-state index contributed by atoms with van der Waals surface area (Å²) in [7, 11) is 1.36. The van der Waals surface area contributed by atoms with Gasteiger partial charge < -0.3 is 10.1 Å². The third-order valence-electron chi connectivity index (χ3n) is 2.94. The van der Waals surface area contributed by atoms with Gasteiger partial charge in [0.05, 0.1) is 7.11 Å². The number of methoxy groups -OCH3 is 1. The molecule has 1 unspecified atom stereocenters. The number of ether oxygens (including phenoxy) is 1. The molecule has 1 atom stereocenters. The van der Waals surface area contributed by atoms with Gasteiger partial charge in [-0.25, -0.2) is 4.79 Å². The molecule has 0 bridgehead atoms. The molecule has 1 saturated carbocycles. The van der Waals surface area contributed by atoms with Crippen LogP contribution in [0.15, 0.2) is 0 Å². The van der Waals surface area contributed by atoms with Crippen molar-refractivity contribution in [2.45, 2.75) is 45.1 Å². The summed E-state index contributed by atoms with van der Waals surface area (Å²) in [6.45, 7) is 1.43. The smallest absolute Gasteiger partial charge is 0.328 e. The lowest BCUT2D eigenvalue weighted by molar-refractivity contribution is -0.146. The summed E-state index contributed by atoms with van der Waals surface area (Å²) in [6.07, 6.45) is 5.50. The number of hydrogen-bond donors (Lipinski definition) is 1. The van der Waals surface area contributed by atoms with E-state index in [0.717, 1.165) is 25.7 Å². The Morgan fingerprint density at radius 2 is 1.87 bits per heavy atom. The van der Waals surface area contributed by atoms with Crippen molar-refractivity contribution in [3.63, 3.8) is 0 Å². The van der Waals surface area contributed by atoms with E-state index in [2.05, 4.69) is 5.32 Å². The lowest BCUT2D eigenvalue weighted by atomic mass is 9.84. The van der Waals surface area contributed by atoms with Crippen molar-refractivity contribution in [1.82, 2.24) is 5.32 Å². The zero-order chi connectivity index (χ0) is 11.3. The van der Waals surface area contributed by atoms with Crippen LogP contribution in [-0.4, -0.2) is 25.0 Å². The van der Waals surface area contributed by atoms with Crippen molar-refractivity contribution in [2.24, 2.45) is 5.92 Å². The lowest BCUT2D eigenvalue weighted by Gasteiger charge is -2.28. The maximum atomic E-state index is 11.5. The van der Waals surface area contributed by atoms with E-state index in [9.17, 15) is 9.59 Å². The van der Waals surface area contributed by atoms with E-state index in [1.54, 1.807) is 0 Å². The van der Waals surface area contributed by atoms with Crippen LogP contribution in [0.2, 0.25) is 0 Å². The molecule has 0 aromatic rings. The van der Waals surface area contributed by atoms with Gasteiger partial charge in [0, 0.05) is 6.92 Å². The van der Waals surface area contributed by atoms with E-state index in [1.807, 2.05) is 0 Å². The Kier molecular flexibility index (Phi) is 4.59. The molecule has 0 radical (unpaired) electrons. The lowest BCUT2D eigenvalue weighted by Crippen LogP contribution is -2.46. The Labute approximate surface area is 90.4 Å². The minimum Gasteiger partial charge on any atom is -0.467 e. The van der Waals surface area contributed by atoms with Crippen molar-refractivity contribution in [3.05, 3.63) is 0 Å². The fourth-order valence-corrected chi connectivity index (χ4v) is 2.18. The molecular weight excluding hydrogens is 194 g/mol. The topological polar surface area (TPSA) is 55.4 Å². The quantitative estimate of drug-likeness (QED) is 0.718. The van der Waals surface area contributed by atoms with E-state index < -0.39 is 6.04 Å². The zero-order valence-electron chi connectivity index (χ0n) is 9.41. The molecule has 0 spiro atoms. The Balaban J connectivity index is 2.60. The molecule has 1 rings (SSSR count). The summed E-state index contributed by atoms with van der Waals surface area (Å²) in [5, 5.41) is 2.69. The van der Waals surface area contributed by atoms with Crippen LogP contribution >= 0.6 is 0 Å². The molecular formula is C11H19NO3. The molecule has 86 valence electrons. The zero-order valence-corrected chi connectivity index (χ0v) is 9.41. The Morgan fingerprint density at radius 1 is 1.27 bits per heavy atom. The predicted octanol–water partition coefficient (Wildman–Crippen LogP) is 1.24. The van der Waals surface area contributed by atoms with Gasteiger partial charge in [-0.05, 0) is 18.8 Å². The predicted molar refractivity (Wildman–Crippen MR) is 56.2 cm³/mol. The number of esters is 1. The summed E-state index contributed by atoms with van der Waals surface area (Å²) in [5.41, 5.74) is 0. The van der Waals surface area contributed by atoms with Crippen LogP contribution in [0.25, 0.3) is 0 Å². The van der Waals surface area contributed by atoms with Crippen LogP contribution in [0.5, 0.6) is 0 Å². The number of carbonyl (C=O) groups excluding carboxylic acids is 2. The molecule has 1 N–H and O–H groups in total. The van der Waals surface area contributed by atoms with Crippen molar-refractivity contribution in [1.29, 1.82) is 0 Å². The Bertz CT molecular complexity index is 234. The summed E-state index contributed by atoms with van der Waals surface area (Å²) < 4.78 is 4.71. The molecule has 0 aromatic heterocycles. The van der Waals surface area contributed by atoms with Crippen molar-refractivity contribution < 1.29 is 14.3 Å². The Morgan fingerprint density at radius 3 is 2.33 bits per heavy atom. The van der Waals surface area contributed by atoms with E-state index in [0.29, 0.717) is 0 Å². The summed E-state index contributed by atoms with van der Waals surface area (Å²) in [5.74, 6) is -0.247. The highest BCUT2D eigenvalue weighted by molar-refractivity contribution is 5.83. The molecule has 1 aliphatic carbocycles. The largest absolute Gasteiger partial charge is 0.467 e. The average molecular weight is 213 g/mol. The highest BCUT2D eigenvalue weighted by atomic mass is 16.5. The molecule has 4 heteroatoms. The van der Waals surface area contributed by atoms with Gasteiger partial charge in [-0.3, -0.25) is 4.79 Å². The fourth-order valence-electron chi connectivity index (χ4n) is 2.18. The van der Waals surface area contributed by atoms with Gasteiger partial charge in [-0.1, -0.05) is 19.3 Å². The summed E-state index contributed by atoms with van der Waals surface area (Å²) in [4.78, 5) is 22.5. The maximum absolute atomic E-state index is 11.5. The van der Waals surface area contributed by atoms with Gasteiger partial charge in [-0.15, -0.1) is 0 Å². The highest BCUT2D eigenvalue weighted by Crippen LogP contribution is 2.26. The van der Waals surface area contributed by atoms with Gasteiger partial charge in [0.1, 0.15) is 6.04 Å². The monoisotopic (exact) mass is 213 g/mol. The number of carbonyl (C=O) groups is 2. The number of nitrogens with one attached hydrogen (secondary N) is 1. The molecule has 1 amide bonds. The molecule has 0 aromatic carbocycles. The third-order valence-corrected chi connectivity index (χ3v) is 2.94. The Hall–Kier alpha value is -1.06. The first-order valence-corrected chi connectivity index (χ1v) is 5.50. The van der Waals surface area contributed by atoms with Crippen molar-refractivity contribution >= 4 is 11.9 Å². The molecule has 1 fully saturated rings. The standard InChI is InChI=1S/C11H19NO3/c1-8(13)12-10(11(14)15-2)9-6-4-3-5-7-9/h9-10H,3-7H2,1-2H3,(H,12,13). The fraction of sp³-hybridized carbons (Fsp3) is 0.818. The van der Waals surface area contributed by atoms with Crippen LogP contribution in [0.3, 0.4) is 0 Å². The second-order valence-electron chi connectivity index (χ2n) is 4.10. The van der Waals surface area contributed by atoms with Crippen LogP contribution in [0.1, 0.15) is 39.0 Å². The van der Waals surface area contributed by atoms with E-state index in [4.69, 9.17) is 4.74 Å². The van der Waals surface area contributed by atoms with E-state index in [-0.39, 0.29) is 17.8 Å². The first-order valence-electron chi connectivity index (χ1n) is 5.50. The van der Waals surface area contributed by atoms with Crippen LogP contribution in [0, 0.1) is 5.92 Å². The van der Waals surface area contributed by atoms with E-state index in [1.165, 1.54) is 20.5 Å². The van der Waals surface area contributed by atoms with Crippen LogP contribution < -0.4 is 5.32 Å². The normalized spacial score (nSPS) is 19.3. The summed E-state index contributed by atoms with van der Waals surface area (Å²) >= 11 is 0. The molecule has 15 heavy (non-hydrogen) atoms. The molecule has 0 saturated heterocycles. The van der Waals surface area contributed by atoms with Gasteiger partial charge in [0.25, 0.3) is 0 Å². The molecule has 0 aliphatic heterocycles. The van der Waals surface area contributed by atoms with Crippen molar-refractivity contribution in [2.75, 3.05) is 7.11 Å². The highest BCUT2D eigenvalue weighted by Gasteiger charge is 2.30. The first-order chi connectivity index (χ1) is 7.15. The van der Waals surface area contributed by atoms with Gasteiger partial charge in [-0.2, -0.15) is 0 Å². The molecule has 1 aliphatic rings. The minimum atomic E-state index is -0.451. The van der Waals surface area contributed by atoms with E-state index >= 15 is 0 Å². The minimum absolute atomic E-state index is 0.170. The van der Waals surface area contributed by atoms with Gasteiger partial charge >= 0.3 is 5.97 Å². The SMILES string of the molecule is COC(=O)C(NC(C)=O)C1CCCCC1. The van der Waals surface area contributed by atoms with Crippen LogP contribution in [-0.2, 0) is 14.3 Å². The number of hydrogen-bond acceptors (Lipinski definition) is 3. The number of rotatable bonds is 3. The first kappa shape index (κ1) is 12.0. The second kappa shape index (κ2) is 5.73. The maximum Gasteiger partial charge on any atom is 0.328 e. The van der Waals surface area contributed by atoms with Crippen LogP contribution in [0.4, 0.5) is 0 Å². The molecule has 4 nitrogen and oxygen atoms in total. The van der Waals surface area contributed by atoms with Gasteiger partial charge in [0.2, 0.25) is 5.91 Å². The van der Waals surface area contributed by atoms with Gasteiger partial charge in [0.15, 0.2) is 0 Å².